The van der Waals surface area contributed by atoms with Crippen LogP contribution < -0.4 is 10.6 Å². The standard InChI is InChI=1S/C21H21N3O3S2/c22-12-17-16-8-6-14(27-21(26)23-13-3-1-4-13)11-18(16)29-20(17)24-19(25)9-7-15-5-2-10-28-15/h2,5,7,9-10,13-14H,1,3-4,6,8,11H2,(H,23,26)(H,24,25)/b9-7+. The van der Waals surface area contributed by atoms with E-state index in [0.717, 1.165) is 34.6 Å². The molecule has 4 rings (SSSR count). The van der Waals surface area contributed by atoms with Crippen LogP contribution in [0, 0.1) is 11.3 Å². The summed E-state index contributed by atoms with van der Waals surface area (Å²) < 4.78 is 5.57. The minimum atomic E-state index is -0.354. The molecule has 0 aliphatic heterocycles. The van der Waals surface area contributed by atoms with Crippen LogP contribution in [0.4, 0.5) is 9.80 Å². The Labute approximate surface area is 177 Å². The van der Waals surface area contributed by atoms with E-state index >= 15 is 0 Å². The van der Waals surface area contributed by atoms with E-state index in [2.05, 4.69) is 16.7 Å². The van der Waals surface area contributed by atoms with Gasteiger partial charge in [0.1, 0.15) is 17.2 Å². The number of amides is 2. The fourth-order valence-electron chi connectivity index (χ4n) is 3.46. The van der Waals surface area contributed by atoms with Crippen molar-refractivity contribution in [3.05, 3.63) is 44.5 Å². The zero-order valence-corrected chi connectivity index (χ0v) is 17.4. The number of carbonyl (C=O) groups is 2. The molecule has 2 amide bonds. The predicted molar refractivity (Wildman–Crippen MR) is 114 cm³/mol. The van der Waals surface area contributed by atoms with Gasteiger partial charge in [-0.1, -0.05) is 6.07 Å². The highest BCUT2D eigenvalue weighted by atomic mass is 32.1. The van der Waals surface area contributed by atoms with Crippen LogP contribution in [0.25, 0.3) is 6.08 Å². The second kappa shape index (κ2) is 8.80. The number of alkyl carbamates (subject to hydrolysis) is 1. The molecule has 2 N–H and O–H groups in total. The molecule has 150 valence electrons. The molecule has 2 aromatic rings. The Kier molecular flexibility index (Phi) is 5.97. The summed E-state index contributed by atoms with van der Waals surface area (Å²) in [4.78, 5) is 26.3. The molecule has 1 unspecified atom stereocenters. The first-order chi connectivity index (χ1) is 14.1. The summed E-state index contributed by atoms with van der Waals surface area (Å²) in [6, 6.07) is 6.33. The van der Waals surface area contributed by atoms with Crippen molar-refractivity contribution in [2.45, 2.75) is 50.7 Å². The molecular weight excluding hydrogens is 406 g/mol. The molecule has 2 aromatic heterocycles. The lowest BCUT2D eigenvalue weighted by Gasteiger charge is -2.28. The second-order valence-corrected chi connectivity index (χ2v) is 9.28. The lowest BCUT2D eigenvalue weighted by Crippen LogP contribution is -2.41. The van der Waals surface area contributed by atoms with Gasteiger partial charge in [-0.15, -0.1) is 22.7 Å². The minimum absolute atomic E-state index is 0.199. The topological polar surface area (TPSA) is 91.2 Å². The maximum absolute atomic E-state index is 12.3. The number of nitrogens with zero attached hydrogens (tertiary/aromatic N) is 1. The third kappa shape index (κ3) is 4.69. The Morgan fingerprint density at radius 3 is 2.86 bits per heavy atom. The number of carbonyl (C=O) groups excluding carboxylic acids is 2. The van der Waals surface area contributed by atoms with E-state index in [4.69, 9.17) is 4.74 Å². The molecule has 0 radical (unpaired) electrons. The lowest BCUT2D eigenvalue weighted by atomic mass is 9.93. The van der Waals surface area contributed by atoms with Crippen molar-refractivity contribution < 1.29 is 14.3 Å². The van der Waals surface area contributed by atoms with Crippen molar-refractivity contribution in [2.24, 2.45) is 0 Å². The van der Waals surface area contributed by atoms with Crippen LogP contribution in [0.2, 0.25) is 0 Å². The Bertz CT molecular complexity index is 968. The molecular formula is C21H21N3O3S2. The molecule has 1 atom stereocenters. The first-order valence-electron chi connectivity index (χ1n) is 9.66. The number of nitriles is 1. The quantitative estimate of drug-likeness (QED) is 0.689. The van der Waals surface area contributed by atoms with Gasteiger partial charge in [-0.25, -0.2) is 4.79 Å². The van der Waals surface area contributed by atoms with E-state index in [1.165, 1.54) is 17.4 Å². The van der Waals surface area contributed by atoms with Gasteiger partial charge in [-0.2, -0.15) is 5.26 Å². The van der Waals surface area contributed by atoms with Crippen LogP contribution in [-0.4, -0.2) is 24.1 Å². The van der Waals surface area contributed by atoms with Crippen molar-refractivity contribution in [3.8, 4) is 6.07 Å². The van der Waals surface area contributed by atoms with E-state index in [9.17, 15) is 14.9 Å². The molecule has 0 spiro atoms. The zero-order valence-electron chi connectivity index (χ0n) is 15.8. The summed E-state index contributed by atoms with van der Waals surface area (Å²) >= 11 is 2.95. The van der Waals surface area contributed by atoms with Gasteiger partial charge in [0.05, 0.1) is 5.56 Å². The number of hydrogen-bond donors (Lipinski definition) is 2. The van der Waals surface area contributed by atoms with Crippen LogP contribution in [0.15, 0.2) is 23.6 Å². The average molecular weight is 428 g/mol. The van der Waals surface area contributed by atoms with Gasteiger partial charge >= 0.3 is 6.09 Å². The molecule has 29 heavy (non-hydrogen) atoms. The SMILES string of the molecule is N#Cc1c(NC(=O)/C=C/c2cccs2)sc2c1CCC(OC(=O)NC1CCC1)C2. The summed E-state index contributed by atoms with van der Waals surface area (Å²) in [5.74, 6) is -0.263. The maximum Gasteiger partial charge on any atom is 0.407 e. The first kappa shape index (κ1) is 19.7. The zero-order chi connectivity index (χ0) is 20.2. The van der Waals surface area contributed by atoms with Crippen molar-refractivity contribution in [1.82, 2.24) is 5.32 Å². The fourth-order valence-corrected chi connectivity index (χ4v) is 5.35. The van der Waals surface area contributed by atoms with Gasteiger partial charge in [-0.05, 0) is 55.2 Å². The lowest BCUT2D eigenvalue weighted by molar-refractivity contribution is -0.111. The Balaban J connectivity index is 1.39. The van der Waals surface area contributed by atoms with Crippen molar-refractivity contribution in [2.75, 3.05) is 5.32 Å². The monoisotopic (exact) mass is 427 g/mol. The summed E-state index contributed by atoms with van der Waals surface area (Å²) in [5.41, 5.74) is 1.49. The molecule has 1 fully saturated rings. The normalized spacial score (nSPS) is 18.5. The number of rotatable bonds is 5. The molecule has 1 saturated carbocycles. The van der Waals surface area contributed by atoms with Crippen LogP contribution in [0.3, 0.4) is 0 Å². The molecule has 6 nitrogen and oxygen atoms in total. The first-order valence-corrected chi connectivity index (χ1v) is 11.4. The number of fused-ring (bicyclic) bond motifs is 1. The molecule has 2 heterocycles. The highest BCUT2D eigenvalue weighted by molar-refractivity contribution is 7.16. The van der Waals surface area contributed by atoms with Crippen molar-refractivity contribution >= 4 is 45.8 Å². The molecule has 0 bridgehead atoms. The van der Waals surface area contributed by atoms with Crippen molar-refractivity contribution in [1.29, 1.82) is 5.26 Å². The van der Waals surface area contributed by atoms with Crippen molar-refractivity contribution in [3.63, 3.8) is 0 Å². The summed E-state index contributed by atoms with van der Waals surface area (Å²) in [6.45, 7) is 0. The smallest absolute Gasteiger partial charge is 0.407 e. The second-order valence-electron chi connectivity index (χ2n) is 7.20. The Morgan fingerprint density at radius 2 is 2.17 bits per heavy atom. The summed E-state index contributed by atoms with van der Waals surface area (Å²) in [6.07, 6.45) is 7.79. The number of thiophene rings is 2. The fraction of sp³-hybridized carbons (Fsp3) is 0.381. The largest absolute Gasteiger partial charge is 0.446 e. The molecule has 2 aliphatic rings. The van der Waals surface area contributed by atoms with Crippen LogP contribution in [-0.2, 0) is 22.4 Å². The van der Waals surface area contributed by atoms with Gasteiger partial charge in [0.15, 0.2) is 0 Å². The minimum Gasteiger partial charge on any atom is -0.446 e. The van der Waals surface area contributed by atoms with Gasteiger partial charge in [0.25, 0.3) is 0 Å². The van der Waals surface area contributed by atoms with Crippen LogP contribution >= 0.6 is 22.7 Å². The number of hydrogen-bond acceptors (Lipinski definition) is 6. The summed E-state index contributed by atoms with van der Waals surface area (Å²) in [7, 11) is 0. The third-order valence-corrected chi connectivity index (χ3v) is 7.22. The maximum atomic E-state index is 12.3. The summed E-state index contributed by atoms with van der Waals surface area (Å²) in [5, 5.41) is 17.8. The van der Waals surface area contributed by atoms with E-state index in [0.29, 0.717) is 29.8 Å². The van der Waals surface area contributed by atoms with Gasteiger partial charge in [0, 0.05) is 28.3 Å². The van der Waals surface area contributed by atoms with Gasteiger partial charge in [-0.3, -0.25) is 4.79 Å². The van der Waals surface area contributed by atoms with E-state index in [-0.39, 0.29) is 24.1 Å². The predicted octanol–water partition coefficient (Wildman–Crippen LogP) is 4.47. The number of anilines is 1. The highest BCUT2D eigenvalue weighted by Crippen LogP contribution is 2.38. The molecule has 2 aliphatic carbocycles. The van der Waals surface area contributed by atoms with Crippen LogP contribution in [0.1, 0.15) is 46.6 Å². The number of ether oxygens (including phenoxy) is 1. The number of nitrogens with one attached hydrogen (secondary N) is 2. The van der Waals surface area contributed by atoms with E-state index in [1.54, 1.807) is 17.4 Å². The third-order valence-electron chi connectivity index (χ3n) is 5.21. The van der Waals surface area contributed by atoms with E-state index < -0.39 is 0 Å². The molecule has 8 heteroatoms. The Morgan fingerprint density at radius 1 is 1.31 bits per heavy atom. The Hall–Kier alpha value is -2.63. The molecule has 0 aromatic carbocycles. The average Bonchev–Trinajstić information content (AvgIpc) is 3.30. The van der Waals surface area contributed by atoms with Gasteiger partial charge in [0.2, 0.25) is 5.91 Å². The van der Waals surface area contributed by atoms with Crippen LogP contribution in [0.5, 0.6) is 0 Å². The molecule has 0 saturated heterocycles. The highest BCUT2D eigenvalue weighted by Gasteiger charge is 2.29. The van der Waals surface area contributed by atoms with E-state index in [1.807, 2.05) is 17.5 Å². The van der Waals surface area contributed by atoms with Gasteiger partial charge < -0.3 is 15.4 Å².